The highest BCUT2D eigenvalue weighted by Gasteiger charge is 1.93. The van der Waals surface area contributed by atoms with Crippen molar-refractivity contribution >= 4 is 0 Å². The third kappa shape index (κ3) is 7.62. The maximum absolute atomic E-state index is 9.29. The van der Waals surface area contributed by atoms with Crippen LogP contribution >= 0.6 is 0 Å². The largest absolute Gasteiger partial charge is 0.389 e. The van der Waals surface area contributed by atoms with Crippen molar-refractivity contribution in [1.29, 1.82) is 0 Å². The van der Waals surface area contributed by atoms with Crippen molar-refractivity contribution in [3.63, 3.8) is 0 Å². The quantitative estimate of drug-likeness (QED) is 0.521. The summed E-state index contributed by atoms with van der Waals surface area (Å²) in [5, 5.41) is 9.29. The predicted octanol–water partition coefficient (Wildman–Crippen LogP) is 2.90. The lowest BCUT2D eigenvalue weighted by Gasteiger charge is -1.99. The summed E-state index contributed by atoms with van der Waals surface area (Å²) in [6.07, 6.45) is 5.56. The summed E-state index contributed by atoms with van der Waals surface area (Å²) in [5.41, 5.74) is 0.977. The topological polar surface area (TPSA) is 20.2 Å². The molecule has 0 aliphatic heterocycles. The van der Waals surface area contributed by atoms with Gasteiger partial charge >= 0.3 is 0 Å². The fourth-order valence-corrected chi connectivity index (χ4v) is 0.915. The zero-order valence-corrected chi connectivity index (χ0v) is 8.93. The maximum atomic E-state index is 9.29. The Balaban J connectivity index is 3.87. The minimum absolute atomic E-state index is 0.333. The first-order valence-electron chi connectivity index (χ1n) is 5.06. The van der Waals surface area contributed by atoms with Gasteiger partial charge in [0.1, 0.15) is 0 Å². The fourth-order valence-electron chi connectivity index (χ4n) is 0.915. The van der Waals surface area contributed by atoms with Gasteiger partial charge in [-0.15, -0.1) is 0 Å². The van der Waals surface area contributed by atoms with Gasteiger partial charge in [-0.25, -0.2) is 0 Å². The van der Waals surface area contributed by atoms with E-state index >= 15 is 0 Å². The molecule has 0 bridgehead atoms. The summed E-state index contributed by atoms with van der Waals surface area (Å²) >= 11 is 0. The van der Waals surface area contributed by atoms with Crippen molar-refractivity contribution in [2.75, 3.05) is 0 Å². The molecule has 1 atom stereocenters. The van der Waals surface area contributed by atoms with E-state index in [0.717, 1.165) is 24.8 Å². The minimum Gasteiger partial charge on any atom is -0.389 e. The number of unbranched alkanes of at least 4 members (excludes halogenated alkanes) is 2. The first-order valence-corrected chi connectivity index (χ1v) is 5.06. The Hall–Kier alpha value is -0.740. The van der Waals surface area contributed by atoms with Crippen molar-refractivity contribution < 1.29 is 5.11 Å². The molecule has 74 valence electrons. The molecule has 0 spiro atoms. The summed E-state index contributed by atoms with van der Waals surface area (Å²) in [6.45, 7) is 6.06. The van der Waals surface area contributed by atoms with Gasteiger partial charge in [-0.05, 0) is 31.4 Å². The highest BCUT2D eigenvalue weighted by molar-refractivity contribution is 5.27. The van der Waals surface area contributed by atoms with Crippen molar-refractivity contribution in [3.05, 3.63) is 11.6 Å². The molecule has 1 unspecified atom stereocenters. The van der Waals surface area contributed by atoms with E-state index in [-0.39, 0.29) is 6.10 Å². The summed E-state index contributed by atoms with van der Waals surface area (Å²) in [5.74, 6) is 6.12. The van der Waals surface area contributed by atoms with E-state index in [1.807, 2.05) is 19.9 Å². The number of hydrogen-bond donors (Lipinski definition) is 1. The summed E-state index contributed by atoms with van der Waals surface area (Å²) in [4.78, 5) is 0. The molecule has 0 saturated heterocycles. The SMILES string of the molecule is CCCCC#C/C(C)=C\C(O)CC. The average molecular weight is 180 g/mol. The van der Waals surface area contributed by atoms with Crippen LogP contribution in [0.4, 0.5) is 0 Å². The van der Waals surface area contributed by atoms with Gasteiger partial charge in [0.2, 0.25) is 0 Å². The van der Waals surface area contributed by atoms with Gasteiger partial charge in [-0.2, -0.15) is 0 Å². The Kier molecular flexibility index (Phi) is 7.44. The van der Waals surface area contributed by atoms with E-state index in [9.17, 15) is 5.11 Å². The second kappa shape index (κ2) is 7.89. The monoisotopic (exact) mass is 180 g/mol. The molecule has 0 aromatic rings. The third-order valence-electron chi connectivity index (χ3n) is 1.80. The van der Waals surface area contributed by atoms with Crippen LogP contribution in [0.3, 0.4) is 0 Å². The molecule has 1 N–H and O–H groups in total. The summed E-state index contributed by atoms with van der Waals surface area (Å²) in [6, 6.07) is 0. The molecule has 0 saturated carbocycles. The van der Waals surface area contributed by atoms with Gasteiger partial charge < -0.3 is 5.11 Å². The fraction of sp³-hybridized carbons (Fsp3) is 0.667. The molecule has 13 heavy (non-hydrogen) atoms. The lowest BCUT2D eigenvalue weighted by molar-refractivity contribution is 0.218. The van der Waals surface area contributed by atoms with E-state index in [1.165, 1.54) is 6.42 Å². The van der Waals surface area contributed by atoms with Gasteiger partial charge in [0, 0.05) is 6.42 Å². The Bertz CT molecular complexity index is 205. The van der Waals surface area contributed by atoms with Crippen molar-refractivity contribution in [2.45, 2.75) is 52.6 Å². The van der Waals surface area contributed by atoms with Crippen LogP contribution in [0.2, 0.25) is 0 Å². The van der Waals surface area contributed by atoms with Crippen molar-refractivity contribution in [3.8, 4) is 11.8 Å². The Morgan fingerprint density at radius 3 is 2.69 bits per heavy atom. The maximum Gasteiger partial charge on any atom is 0.0730 e. The van der Waals surface area contributed by atoms with Gasteiger partial charge in [-0.1, -0.05) is 32.1 Å². The molecule has 0 rings (SSSR count). The lowest BCUT2D eigenvalue weighted by Crippen LogP contribution is -1.99. The van der Waals surface area contributed by atoms with Gasteiger partial charge in [0.05, 0.1) is 6.10 Å². The molecule has 1 heteroatoms. The molecular weight excluding hydrogens is 160 g/mol. The molecule has 0 amide bonds. The van der Waals surface area contributed by atoms with Gasteiger partial charge in [0.15, 0.2) is 0 Å². The van der Waals surface area contributed by atoms with Crippen LogP contribution in [0.1, 0.15) is 46.5 Å². The standard InChI is InChI=1S/C12H20O/c1-4-6-7-8-9-11(3)10-12(13)5-2/h10,12-13H,4-7H2,1-3H3/b11-10-. The van der Waals surface area contributed by atoms with Gasteiger partial charge in [-0.3, -0.25) is 0 Å². The van der Waals surface area contributed by atoms with Crippen LogP contribution in [0.5, 0.6) is 0 Å². The first kappa shape index (κ1) is 12.3. The van der Waals surface area contributed by atoms with E-state index in [4.69, 9.17) is 0 Å². The number of aliphatic hydroxyl groups is 1. The summed E-state index contributed by atoms with van der Waals surface area (Å²) < 4.78 is 0. The van der Waals surface area contributed by atoms with Gasteiger partial charge in [0.25, 0.3) is 0 Å². The number of rotatable bonds is 4. The smallest absolute Gasteiger partial charge is 0.0730 e. The highest BCUT2D eigenvalue weighted by Crippen LogP contribution is 1.98. The van der Waals surface area contributed by atoms with Crippen LogP contribution in [-0.2, 0) is 0 Å². The number of hydrogen-bond acceptors (Lipinski definition) is 1. The zero-order valence-electron chi connectivity index (χ0n) is 8.93. The molecular formula is C12H20O. The predicted molar refractivity (Wildman–Crippen MR) is 57.4 cm³/mol. The van der Waals surface area contributed by atoms with E-state index < -0.39 is 0 Å². The molecule has 0 aliphatic rings. The first-order chi connectivity index (χ1) is 6.20. The van der Waals surface area contributed by atoms with Crippen molar-refractivity contribution in [2.24, 2.45) is 0 Å². The zero-order chi connectivity index (χ0) is 10.1. The Morgan fingerprint density at radius 2 is 2.15 bits per heavy atom. The second-order valence-corrected chi connectivity index (χ2v) is 3.23. The molecule has 0 radical (unpaired) electrons. The van der Waals surface area contributed by atoms with Crippen LogP contribution in [0, 0.1) is 11.8 Å². The second-order valence-electron chi connectivity index (χ2n) is 3.23. The molecule has 0 aliphatic carbocycles. The molecule has 0 aromatic heterocycles. The average Bonchev–Trinajstić information content (AvgIpc) is 2.12. The molecule has 0 fully saturated rings. The van der Waals surface area contributed by atoms with Crippen molar-refractivity contribution in [1.82, 2.24) is 0 Å². The van der Waals surface area contributed by atoms with Crippen LogP contribution in [0.25, 0.3) is 0 Å². The normalized spacial score (nSPS) is 13.4. The van der Waals surface area contributed by atoms with Crippen LogP contribution < -0.4 is 0 Å². The Labute approximate surface area is 81.9 Å². The van der Waals surface area contributed by atoms with Crippen LogP contribution in [0.15, 0.2) is 11.6 Å². The van der Waals surface area contributed by atoms with Crippen LogP contribution in [-0.4, -0.2) is 11.2 Å². The summed E-state index contributed by atoms with van der Waals surface area (Å²) in [7, 11) is 0. The molecule has 1 nitrogen and oxygen atoms in total. The third-order valence-corrected chi connectivity index (χ3v) is 1.80. The molecule has 0 aromatic carbocycles. The Morgan fingerprint density at radius 1 is 1.46 bits per heavy atom. The van der Waals surface area contributed by atoms with E-state index in [1.54, 1.807) is 0 Å². The lowest BCUT2D eigenvalue weighted by atomic mass is 10.2. The molecule has 0 heterocycles. The highest BCUT2D eigenvalue weighted by atomic mass is 16.3. The minimum atomic E-state index is -0.333. The van der Waals surface area contributed by atoms with E-state index in [2.05, 4.69) is 18.8 Å². The number of aliphatic hydroxyl groups excluding tert-OH is 1. The van der Waals surface area contributed by atoms with E-state index in [0.29, 0.717) is 0 Å². The number of allylic oxidation sites excluding steroid dienone is 1.